The number of aryl methyl sites for hydroxylation is 1. The maximum Gasteiger partial charge on any atom is 0.343 e. The standard InChI is InChI=1S/C18H12N2O2/c1-13-5-7-16(8-6-13)18(21)22-17-4-2-3-14(10-17)9-15(11-19)12-20/h2-10H,1H3. The fraction of sp³-hybridized carbons (Fsp3) is 0.0556. The molecule has 0 bridgehead atoms. The number of nitrogens with zero attached hydrogens (tertiary/aromatic N) is 2. The fourth-order valence-electron chi connectivity index (χ4n) is 1.78. The minimum atomic E-state index is -0.457. The van der Waals surface area contributed by atoms with Gasteiger partial charge in [0.25, 0.3) is 0 Å². The minimum Gasteiger partial charge on any atom is -0.423 e. The molecular weight excluding hydrogens is 276 g/mol. The molecule has 2 rings (SSSR count). The van der Waals surface area contributed by atoms with Crippen molar-refractivity contribution in [3.05, 3.63) is 70.8 Å². The van der Waals surface area contributed by atoms with Crippen molar-refractivity contribution >= 4 is 12.0 Å². The predicted octanol–water partition coefficient (Wildman–Crippen LogP) is 3.64. The van der Waals surface area contributed by atoms with E-state index in [9.17, 15) is 4.79 Å². The zero-order valence-corrected chi connectivity index (χ0v) is 11.9. The van der Waals surface area contributed by atoms with Gasteiger partial charge in [-0.3, -0.25) is 0 Å². The van der Waals surface area contributed by atoms with Gasteiger partial charge in [0, 0.05) is 0 Å². The summed E-state index contributed by atoms with van der Waals surface area (Å²) in [6, 6.07) is 17.3. The van der Waals surface area contributed by atoms with E-state index >= 15 is 0 Å². The SMILES string of the molecule is Cc1ccc(C(=O)Oc2cccc(C=C(C#N)C#N)c2)cc1. The van der Waals surface area contributed by atoms with Crippen LogP contribution >= 0.6 is 0 Å². The molecule has 0 saturated heterocycles. The van der Waals surface area contributed by atoms with Crippen LogP contribution < -0.4 is 4.74 Å². The van der Waals surface area contributed by atoms with Gasteiger partial charge in [0.15, 0.2) is 0 Å². The highest BCUT2D eigenvalue weighted by Gasteiger charge is 2.08. The third-order valence-electron chi connectivity index (χ3n) is 2.91. The molecule has 0 aromatic heterocycles. The molecule has 0 amide bonds. The Bertz CT molecular complexity index is 790. The molecule has 0 heterocycles. The van der Waals surface area contributed by atoms with Gasteiger partial charge < -0.3 is 4.74 Å². The Hall–Kier alpha value is -3.37. The van der Waals surface area contributed by atoms with Crippen molar-refractivity contribution in [2.24, 2.45) is 0 Å². The van der Waals surface area contributed by atoms with Crippen LogP contribution in [0.1, 0.15) is 21.5 Å². The Labute approximate surface area is 128 Å². The van der Waals surface area contributed by atoms with Crippen LogP contribution in [0.15, 0.2) is 54.1 Å². The second kappa shape index (κ2) is 6.88. The number of nitriles is 2. The number of esters is 1. The van der Waals surface area contributed by atoms with E-state index in [1.807, 2.05) is 19.1 Å². The monoisotopic (exact) mass is 288 g/mol. The van der Waals surface area contributed by atoms with Crippen LogP contribution in [0.4, 0.5) is 0 Å². The van der Waals surface area contributed by atoms with Crippen molar-refractivity contribution in [2.45, 2.75) is 6.92 Å². The smallest absolute Gasteiger partial charge is 0.343 e. The van der Waals surface area contributed by atoms with Crippen molar-refractivity contribution in [1.82, 2.24) is 0 Å². The Morgan fingerprint density at radius 2 is 1.77 bits per heavy atom. The molecule has 0 aliphatic heterocycles. The fourth-order valence-corrected chi connectivity index (χ4v) is 1.78. The molecule has 0 N–H and O–H groups in total. The van der Waals surface area contributed by atoms with E-state index in [1.165, 1.54) is 6.08 Å². The summed E-state index contributed by atoms with van der Waals surface area (Å²) in [5.41, 5.74) is 2.12. The third kappa shape index (κ3) is 3.82. The van der Waals surface area contributed by atoms with Crippen LogP contribution in [0.25, 0.3) is 6.08 Å². The summed E-state index contributed by atoms with van der Waals surface area (Å²) >= 11 is 0. The van der Waals surface area contributed by atoms with Gasteiger partial charge in [0.2, 0.25) is 0 Å². The Morgan fingerprint density at radius 1 is 1.09 bits per heavy atom. The first kappa shape index (κ1) is 15.0. The maximum absolute atomic E-state index is 12.0. The van der Waals surface area contributed by atoms with E-state index in [1.54, 1.807) is 48.5 Å². The number of carbonyl (C=O) groups excluding carboxylic acids is 1. The first-order valence-corrected chi connectivity index (χ1v) is 6.53. The summed E-state index contributed by atoms with van der Waals surface area (Å²) in [5, 5.41) is 17.5. The largest absolute Gasteiger partial charge is 0.423 e. The van der Waals surface area contributed by atoms with Gasteiger partial charge in [-0.2, -0.15) is 10.5 Å². The molecule has 0 aliphatic rings. The topological polar surface area (TPSA) is 73.9 Å². The second-order valence-electron chi connectivity index (χ2n) is 4.61. The average molecular weight is 288 g/mol. The first-order valence-electron chi connectivity index (χ1n) is 6.53. The molecule has 0 fully saturated rings. The van der Waals surface area contributed by atoms with E-state index in [0.717, 1.165) is 5.56 Å². The Balaban J connectivity index is 2.19. The van der Waals surface area contributed by atoms with E-state index in [0.29, 0.717) is 16.9 Å². The lowest BCUT2D eigenvalue weighted by molar-refractivity contribution is 0.0735. The molecule has 2 aromatic carbocycles. The zero-order valence-electron chi connectivity index (χ0n) is 11.9. The molecule has 4 heteroatoms. The normalized spacial score (nSPS) is 9.23. The summed E-state index contributed by atoms with van der Waals surface area (Å²) < 4.78 is 5.30. The molecule has 0 aliphatic carbocycles. The molecule has 2 aromatic rings. The van der Waals surface area contributed by atoms with Gasteiger partial charge in [-0.05, 0) is 42.8 Å². The Morgan fingerprint density at radius 3 is 2.41 bits per heavy atom. The average Bonchev–Trinajstić information content (AvgIpc) is 2.53. The van der Waals surface area contributed by atoms with Crippen LogP contribution in [-0.2, 0) is 0 Å². The summed E-state index contributed by atoms with van der Waals surface area (Å²) in [5.74, 6) is -0.100. The number of rotatable bonds is 3. The van der Waals surface area contributed by atoms with Crippen LogP contribution in [0.3, 0.4) is 0 Å². The molecule has 0 saturated carbocycles. The summed E-state index contributed by atoms with van der Waals surface area (Å²) in [7, 11) is 0. The van der Waals surface area contributed by atoms with Gasteiger partial charge in [-0.25, -0.2) is 4.79 Å². The quantitative estimate of drug-likeness (QED) is 0.491. The summed E-state index contributed by atoms with van der Waals surface area (Å²) in [6.45, 7) is 1.94. The molecular formula is C18H12N2O2. The maximum atomic E-state index is 12.0. The van der Waals surface area contributed by atoms with Crippen molar-refractivity contribution < 1.29 is 9.53 Å². The summed E-state index contributed by atoms with van der Waals surface area (Å²) in [4.78, 5) is 12.0. The number of allylic oxidation sites excluding steroid dienone is 1. The molecule has 22 heavy (non-hydrogen) atoms. The Kier molecular flexibility index (Phi) is 4.70. The van der Waals surface area contributed by atoms with Crippen molar-refractivity contribution in [3.63, 3.8) is 0 Å². The lowest BCUT2D eigenvalue weighted by Crippen LogP contribution is -2.08. The van der Waals surface area contributed by atoms with Gasteiger partial charge in [0.05, 0.1) is 5.56 Å². The highest BCUT2D eigenvalue weighted by molar-refractivity contribution is 5.91. The van der Waals surface area contributed by atoms with Crippen molar-refractivity contribution in [3.8, 4) is 17.9 Å². The van der Waals surface area contributed by atoms with Crippen LogP contribution in [0, 0.1) is 29.6 Å². The second-order valence-corrected chi connectivity index (χ2v) is 4.61. The third-order valence-corrected chi connectivity index (χ3v) is 2.91. The lowest BCUT2D eigenvalue weighted by Gasteiger charge is -2.05. The van der Waals surface area contributed by atoms with Gasteiger partial charge in [0.1, 0.15) is 23.5 Å². The van der Waals surface area contributed by atoms with Crippen molar-refractivity contribution in [1.29, 1.82) is 10.5 Å². The van der Waals surface area contributed by atoms with Gasteiger partial charge in [-0.15, -0.1) is 0 Å². The predicted molar refractivity (Wildman–Crippen MR) is 81.8 cm³/mol. The van der Waals surface area contributed by atoms with E-state index in [-0.39, 0.29) is 5.57 Å². The lowest BCUT2D eigenvalue weighted by atomic mass is 10.1. The number of benzene rings is 2. The molecule has 106 valence electrons. The van der Waals surface area contributed by atoms with Gasteiger partial charge >= 0.3 is 5.97 Å². The highest BCUT2D eigenvalue weighted by Crippen LogP contribution is 2.17. The van der Waals surface area contributed by atoms with E-state index in [2.05, 4.69) is 0 Å². The summed E-state index contributed by atoms with van der Waals surface area (Å²) in [6.07, 6.45) is 1.43. The molecule has 4 nitrogen and oxygen atoms in total. The molecule has 0 spiro atoms. The number of hydrogen-bond acceptors (Lipinski definition) is 4. The number of carbonyl (C=O) groups is 1. The van der Waals surface area contributed by atoms with Crippen LogP contribution in [0.2, 0.25) is 0 Å². The molecule has 0 atom stereocenters. The first-order chi connectivity index (χ1) is 10.6. The molecule has 0 radical (unpaired) electrons. The van der Waals surface area contributed by atoms with Gasteiger partial charge in [-0.1, -0.05) is 29.8 Å². The van der Waals surface area contributed by atoms with E-state index < -0.39 is 5.97 Å². The zero-order chi connectivity index (χ0) is 15.9. The molecule has 0 unspecified atom stereocenters. The number of hydrogen-bond donors (Lipinski definition) is 0. The number of ether oxygens (including phenoxy) is 1. The van der Waals surface area contributed by atoms with Crippen LogP contribution in [0.5, 0.6) is 5.75 Å². The minimum absolute atomic E-state index is 0.0120. The van der Waals surface area contributed by atoms with Crippen LogP contribution in [-0.4, -0.2) is 5.97 Å². The van der Waals surface area contributed by atoms with E-state index in [4.69, 9.17) is 15.3 Å². The van der Waals surface area contributed by atoms with Crippen molar-refractivity contribution in [2.75, 3.05) is 0 Å². The highest BCUT2D eigenvalue weighted by atomic mass is 16.5.